The maximum absolute atomic E-state index is 12.4. The van der Waals surface area contributed by atoms with E-state index in [0.717, 1.165) is 0 Å². The van der Waals surface area contributed by atoms with Crippen LogP contribution < -0.4 is 20.9 Å². The highest BCUT2D eigenvalue weighted by Crippen LogP contribution is 2.47. The summed E-state index contributed by atoms with van der Waals surface area (Å²) in [4.78, 5) is 24.9. The fourth-order valence-electron chi connectivity index (χ4n) is 4.02. The van der Waals surface area contributed by atoms with Crippen LogP contribution in [0.3, 0.4) is 0 Å². The van der Waals surface area contributed by atoms with Gasteiger partial charge in [-0.1, -0.05) is 54.6 Å². The van der Waals surface area contributed by atoms with Crippen molar-refractivity contribution in [3.63, 3.8) is 0 Å². The Morgan fingerprint density at radius 1 is 0.750 bits per heavy atom. The molecule has 7 heteroatoms. The summed E-state index contributed by atoms with van der Waals surface area (Å²) in [6, 6.07) is 22.2. The largest absolute Gasteiger partial charge is 0.497 e. The number of carbonyl (C=O) groups is 2. The fourth-order valence-corrected chi connectivity index (χ4v) is 4.02. The van der Waals surface area contributed by atoms with Gasteiger partial charge in [0.15, 0.2) is 0 Å². The average Bonchev–Trinajstić information content (AvgIpc) is 2.82. The quantitative estimate of drug-likeness (QED) is 0.446. The number of ether oxygens (including phenoxy) is 2. The van der Waals surface area contributed by atoms with Crippen molar-refractivity contribution in [3.8, 4) is 11.5 Å². The van der Waals surface area contributed by atoms with Crippen LogP contribution in [0, 0.1) is 5.92 Å². The van der Waals surface area contributed by atoms with E-state index in [1.165, 1.54) is 14.2 Å². The Balaban J connectivity index is 2.34. The Morgan fingerprint density at radius 3 is 1.50 bits per heavy atom. The second-order valence-corrected chi connectivity index (χ2v) is 7.39. The molecule has 0 fully saturated rings. The van der Waals surface area contributed by atoms with Gasteiger partial charge < -0.3 is 26.0 Å². The number of hydrogen-bond acceptors (Lipinski definition) is 5. The van der Waals surface area contributed by atoms with Gasteiger partial charge in [0.25, 0.3) is 0 Å². The number of carbonyl (C=O) groups excluding carboxylic acids is 2. The molecule has 0 saturated heterocycles. The first-order valence-corrected chi connectivity index (χ1v) is 9.98. The second kappa shape index (κ2) is 9.53. The first-order valence-electron chi connectivity index (χ1n) is 9.98. The molecule has 0 heterocycles. The van der Waals surface area contributed by atoms with E-state index in [9.17, 15) is 14.7 Å². The van der Waals surface area contributed by atoms with Crippen LogP contribution in [0.15, 0.2) is 78.9 Å². The van der Waals surface area contributed by atoms with Crippen LogP contribution in [-0.2, 0) is 15.2 Å². The summed E-state index contributed by atoms with van der Waals surface area (Å²) in [5.41, 5.74) is 10.8. The summed E-state index contributed by atoms with van der Waals surface area (Å²) in [6.07, 6.45) is 0. The summed E-state index contributed by atoms with van der Waals surface area (Å²) in [6.45, 7) is 0. The van der Waals surface area contributed by atoms with Crippen molar-refractivity contribution in [2.24, 2.45) is 17.4 Å². The number of methoxy groups -OCH3 is 2. The Morgan fingerprint density at radius 2 is 1.16 bits per heavy atom. The van der Waals surface area contributed by atoms with E-state index in [4.69, 9.17) is 20.9 Å². The smallest absolute Gasteiger partial charge is 0.230 e. The normalized spacial score (nSPS) is 12.2. The van der Waals surface area contributed by atoms with E-state index in [1.807, 2.05) is 0 Å². The summed E-state index contributed by atoms with van der Waals surface area (Å²) in [5.74, 6) is -3.25. The molecule has 2 amide bonds. The molecule has 5 N–H and O–H groups in total. The third kappa shape index (κ3) is 4.29. The monoisotopic (exact) mass is 434 g/mol. The molecule has 0 bridgehead atoms. The van der Waals surface area contributed by atoms with Crippen molar-refractivity contribution >= 4 is 11.8 Å². The summed E-state index contributed by atoms with van der Waals surface area (Å²) in [7, 11) is 3.07. The molecule has 3 rings (SSSR count). The highest BCUT2D eigenvalue weighted by atomic mass is 16.5. The molecule has 0 aliphatic heterocycles. The van der Waals surface area contributed by atoms with Crippen molar-refractivity contribution in [2.75, 3.05) is 14.2 Å². The Labute approximate surface area is 186 Å². The predicted molar refractivity (Wildman–Crippen MR) is 120 cm³/mol. The second-order valence-electron chi connectivity index (χ2n) is 7.39. The van der Waals surface area contributed by atoms with Crippen LogP contribution in [0.4, 0.5) is 0 Å². The molecule has 7 nitrogen and oxygen atoms in total. The van der Waals surface area contributed by atoms with Gasteiger partial charge in [0.1, 0.15) is 23.0 Å². The molecule has 0 aliphatic rings. The maximum Gasteiger partial charge on any atom is 0.230 e. The van der Waals surface area contributed by atoms with Gasteiger partial charge in [-0.25, -0.2) is 0 Å². The standard InChI is InChI=1S/C25H26N2O5/c1-31-19-12-8-17(9-13-19)25(30,18-10-14-20(32-2)15-11-18)22(16-6-4-3-5-7-16)21(23(26)28)24(27)29/h3-15,21-22,30H,1-2H3,(H2,26,28)(H2,27,29)/t22-/m0/s1. The predicted octanol–water partition coefficient (Wildman–Crippen LogP) is 2.31. The molecule has 0 radical (unpaired) electrons. The van der Waals surface area contributed by atoms with Crippen LogP contribution in [0.2, 0.25) is 0 Å². The highest BCUT2D eigenvalue weighted by molar-refractivity contribution is 6.00. The minimum absolute atomic E-state index is 0.435. The number of primary amides is 2. The van der Waals surface area contributed by atoms with Crippen LogP contribution >= 0.6 is 0 Å². The average molecular weight is 434 g/mol. The third-order valence-electron chi connectivity index (χ3n) is 5.62. The molecule has 1 atom stereocenters. The number of aliphatic hydroxyl groups is 1. The summed E-state index contributed by atoms with van der Waals surface area (Å²) < 4.78 is 10.5. The molecule has 32 heavy (non-hydrogen) atoms. The number of benzene rings is 3. The van der Waals surface area contributed by atoms with Crippen LogP contribution in [0.5, 0.6) is 11.5 Å². The van der Waals surface area contributed by atoms with Crippen molar-refractivity contribution < 1.29 is 24.2 Å². The zero-order chi connectivity index (χ0) is 23.3. The van der Waals surface area contributed by atoms with E-state index in [-0.39, 0.29) is 0 Å². The number of nitrogens with two attached hydrogens (primary N) is 2. The molecular formula is C25H26N2O5. The molecule has 0 unspecified atom stereocenters. The maximum atomic E-state index is 12.4. The van der Waals surface area contributed by atoms with E-state index in [0.29, 0.717) is 28.2 Å². The lowest BCUT2D eigenvalue weighted by atomic mass is 9.67. The minimum Gasteiger partial charge on any atom is -0.497 e. The van der Waals surface area contributed by atoms with Gasteiger partial charge >= 0.3 is 0 Å². The van der Waals surface area contributed by atoms with Gasteiger partial charge in [0.05, 0.1) is 14.2 Å². The Hall–Kier alpha value is -3.84. The summed E-state index contributed by atoms with van der Waals surface area (Å²) in [5, 5.41) is 12.4. The first-order chi connectivity index (χ1) is 15.3. The number of amides is 2. The lowest BCUT2D eigenvalue weighted by Crippen LogP contribution is -2.48. The van der Waals surface area contributed by atoms with Crippen molar-refractivity contribution in [1.82, 2.24) is 0 Å². The highest BCUT2D eigenvalue weighted by Gasteiger charge is 2.49. The molecule has 3 aromatic carbocycles. The molecule has 166 valence electrons. The molecular weight excluding hydrogens is 408 g/mol. The van der Waals surface area contributed by atoms with E-state index in [1.54, 1.807) is 78.9 Å². The van der Waals surface area contributed by atoms with E-state index >= 15 is 0 Å². The van der Waals surface area contributed by atoms with Gasteiger partial charge in [-0.15, -0.1) is 0 Å². The van der Waals surface area contributed by atoms with Crippen LogP contribution in [0.25, 0.3) is 0 Å². The number of rotatable bonds is 9. The molecule has 0 aromatic heterocycles. The van der Waals surface area contributed by atoms with Gasteiger partial charge in [-0.3, -0.25) is 9.59 Å². The lowest BCUT2D eigenvalue weighted by Gasteiger charge is -2.40. The van der Waals surface area contributed by atoms with Gasteiger partial charge in [-0.2, -0.15) is 0 Å². The first kappa shape index (κ1) is 22.8. The Kier molecular flexibility index (Phi) is 6.80. The third-order valence-corrected chi connectivity index (χ3v) is 5.62. The zero-order valence-corrected chi connectivity index (χ0v) is 17.9. The van der Waals surface area contributed by atoms with Crippen LogP contribution in [-0.4, -0.2) is 31.1 Å². The lowest BCUT2D eigenvalue weighted by molar-refractivity contribution is -0.135. The van der Waals surface area contributed by atoms with Crippen molar-refractivity contribution in [1.29, 1.82) is 0 Å². The van der Waals surface area contributed by atoms with E-state index in [2.05, 4.69) is 0 Å². The van der Waals surface area contributed by atoms with E-state index < -0.39 is 29.3 Å². The number of hydrogen-bond donors (Lipinski definition) is 3. The van der Waals surface area contributed by atoms with Gasteiger partial charge in [0.2, 0.25) is 11.8 Å². The Bertz CT molecular complexity index is 1000. The zero-order valence-electron chi connectivity index (χ0n) is 17.9. The topological polar surface area (TPSA) is 125 Å². The van der Waals surface area contributed by atoms with Gasteiger partial charge in [0, 0.05) is 5.92 Å². The van der Waals surface area contributed by atoms with Crippen molar-refractivity contribution in [2.45, 2.75) is 11.5 Å². The SMILES string of the molecule is COc1ccc(C(O)(c2ccc(OC)cc2)[C@@H](c2ccccc2)C(C(N)=O)C(N)=O)cc1. The molecule has 0 aliphatic carbocycles. The molecule has 0 spiro atoms. The molecule has 0 saturated carbocycles. The minimum atomic E-state index is -1.84. The summed E-state index contributed by atoms with van der Waals surface area (Å²) >= 11 is 0. The molecule has 3 aromatic rings. The fraction of sp³-hybridized carbons (Fsp3) is 0.200. The van der Waals surface area contributed by atoms with Gasteiger partial charge in [-0.05, 0) is 41.0 Å². The van der Waals surface area contributed by atoms with Crippen molar-refractivity contribution in [3.05, 3.63) is 95.6 Å². The van der Waals surface area contributed by atoms with Crippen LogP contribution in [0.1, 0.15) is 22.6 Å².